The summed E-state index contributed by atoms with van der Waals surface area (Å²) in [7, 11) is 0. The molecule has 0 spiro atoms. The van der Waals surface area contributed by atoms with Crippen molar-refractivity contribution in [1.29, 1.82) is 0 Å². The van der Waals surface area contributed by atoms with Gasteiger partial charge in [0.15, 0.2) is 17.5 Å². The van der Waals surface area contributed by atoms with Gasteiger partial charge in [-0.25, -0.2) is 15.0 Å². The molecule has 12 aromatic rings. The minimum atomic E-state index is 0.608. The smallest absolute Gasteiger partial charge is 0.166 e. The molecule has 3 heterocycles. The van der Waals surface area contributed by atoms with Crippen LogP contribution in [0.5, 0.6) is 0 Å². The predicted molar refractivity (Wildman–Crippen MR) is 257 cm³/mol. The highest BCUT2D eigenvalue weighted by Crippen LogP contribution is 2.54. The van der Waals surface area contributed by atoms with Crippen molar-refractivity contribution in [3.63, 3.8) is 0 Å². The van der Waals surface area contributed by atoms with Crippen LogP contribution < -0.4 is 4.90 Å². The summed E-state index contributed by atoms with van der Waals surface area (Å²) in [6.07, 6.45) is 0. The van der Waals surface area contributed by atoms with Gasteiger partial charge in [0.25, 0.3) is 0 Å². The third-order valence-corrected chi connectivity index (χ3v) is 12.5. The average molecular weight is 790 g/mol. The summed E-state index contributed by atoms with van der Waals surface area (Å²) in [4.78, 5) is 18.6. The molecule has 0 radical (unpaired) electrons. The Labute approximate surface area is 357 Å². The molecule has 0 atom stereocenters. The Kier molecular flexibility index (Phi) is 7.54. The van der Waals surface area contributed by atoms with Crippen LogP contribution in [0.2, 0.25) is 0 Å². The molecule has 0 unspecified atom stereocenters. The molecule has 13 rings (SSSR count). The van der Waals surface area contributed by atoms with Gasteiger partial charge in [-0.1, -0.05) is 164 Å². The highest BCUT2D eigenvalue weighted by molar-refractivity contribution is 6.18. The highest BCUT2D eigenvalue weighted by Gasteiger charge is 2.30. The maximum Gasteiger partial charge on any atom is 0.166 e. The molecular weight excluding hydrogens is 755 g/mol. The SMILES string of the molecule is c1ccc(-c2nc(-c3ccc4c5ccccc5n(-c5ccccc5)c4c3)nc(-c3c(N4c5cc6ccccc6cc5-c5cccc6cccc4c56)ccc4ccccc34)n2)cc1. The maximum absolute atomic E-state index is 5.51. The largest absolute Gasteiger partial charge is 0.309 e. The third-order valence-electron chi connectivity index (χ3n) is 12.5. The van der Waals surface area contributed by atoms with Crippen LogP contribution >= 0.6 is 0 Å². The maximum atomic E-state index is 5.51. The summed E-state index contributed by atoms with van der Waals surface area (Å²) < 4.78 is 2.34. The lowest BCUT2D eigenvalue weighted by molar-refractivity contribution is 1.07. The zero-order valence-electron chi connectivity index (χ0n) is 33.4. The number of nitrogens with zero attached hydrogens (tertiary/aromatic N) is 5. The first-order chi connectivity index (χ1) is 30.7. The number of para-hydroxylation sites is 2. The molecule has 2 aromatic heterocycles. The van der Waals surface area contributed by atoms with Crippen LogP contribution in [-0.4, -0.2) is 19.5 Å². The van der Waals surface area contributed by atoms with Gasteiger partial charge >= 0.3 is 0 Å². The van der Waals surface area contributed by atoms with Gasteiger partial charge in [0.05, 0.1) is 33.7 Å². The van der Waals surface area contributed by atoms with Crippen molar-refractivity contribution in [1.82, 2.24) is 19.5 Å². The summed E-state index contributed by atoms with van der Waals surface area (Å²) in [6, 6.07) is 75.7. The lowest BCUT2D eigenvalue weighted by Gasteiger charge is -2.35. The van der Waals surface area contributed by atoms with Crippen molar-refractivity contribution in [2.24, 2.45) is 0 Å². The summed E-state index contributed by atoms with van der Waals surface area (Å²) in [5, 5.41) is 9.36. The zero-order valence-corrected chi connectivity index (χ0v) is 33.4. The predicted octanol–water partition coefficient (Wildman–Crippen LogP) is 14.9. The van der Waals surface area contributed by atoms with Crippen LogP contribution in [0.4, 0.5) is 17.1 Å². The van der Waals surface area contributed by atoms with E-state index >= 15 is 0 Å². The van der Waals surface area contributed by atoms with Crippen molar-refractivity contribution in [3.8, 4) is 51.0 Å². The van der Waals surface area contributed by atoms with E-state index in [-0.39, 0.29) is 0 Å². The molecule has 0 saturated heterocycles. The molecule has 5 nitrogen and oxygen atoms in total. The fourth-order valence-corrected chi connectivity index (χ4v) is 9.73. The second-order valence-corrected chi connectivity index (χ2v) is 16.0. The average Bonchev–Trinajstić information content (AvgIpc) is 3.67. The number of fused-ring (bicyclic) bond motifs is 7. The topological polar surface area (TPSA) is 46.8 Å². The Hall–Kier alpha value is -8.41. The van der Waals surface area contributed by atoms with Gasteiger partial charge < -0.3 is 9.47 Å². The molecule has 1 aliphatic heterocycles. The minimum absolute atomic E-state index is 0.608. The van der Waals surface area contributed by atoms with E-state index in [4.69, 9.17) is 15.0 Å². The zero-order chi connectivity index (χ0) is 40.7. The van der Waals surface area contributed by atoms with Gasteiger partial charge in [0, 0.05) is 38.5 Å². The molecule has 0 fully saturated rings. The Bertz CT molecular complexity index is 3750. The first kappa shape index (κ1) is 34.5. The quantitative estimate of drug-likeness (QED) is 0.174. The van der Waals surface area contributed by atoms with Crippen LogP contribution in [-0.2, 0) is 0 Å². The van der Waals surface area contributed by atoms with Crippen LogP contribution in [0.3, 0.4) is 0 Å². The van der Waals surface area contributed by atoms with Gasteiger partial charge in [-0.15, -0.1) is 0 Å². The summed E-state index contributed by atoms with van der Waals surface area (Å²) in [6.45, 7) is 0. The Morgan fingerprint density at radius 2 is 0.952 bits per heavy atom. The van der Waals surface area contributed by atoms with Gasteiger partial charge in [-0.05, 0) is 81.0 Å². The van der Waals surface area contributed by atoms with E-state index in [9.17, 15) is 0 Å². The number of hydrogen-bond donors (Lipinski definition) is 0. The van der Waals surface area contributed by atoms with E-state index in [0.717, 1.165) is 61.2 Å². The van der Waals surface area contributed by atoms with Crippen LogP contribution in [0.15, 0.2) is 212 Å². The van der Waals surface area contributed by atoms with E-state index in [1.54, 1.807) is 0 Å². The molecule has 0 amide bonds. The van der Waals surface area contributed by atoms with E-state index < -0.39 is 0 Å². The van der Waals surface area contributed by atoms with Gasteiger partial charge in [-0.3, -0.25) is 0 Å². The number of hydrogen-bond acceptors (Lipinski definition) is 4. The molecule has 10 aromatic carbocycles. The second-order valence-electron chi connectivity index (χ2n) is 16.0. The Balaban J connectivity index is 1.11. The molecule has 5 heteroatoms. The van der Waals surface area contributed by atoms with E-state index in [2.05, 4.69) is 204 Å². The monoisotopic (exact) mass is 789 g/mol. The van der Waals surface area contributed by atoms with Crippen LogP contribution in [0.25, 0.3) is 105 Å². The van der Waals surface area contributed by atoms with Crippen LogP contribution in [0, 0.1) is 0 Å². The Morgan fingerprint density at radius 1 is 0.323 bits per heavy atom. The highest BCUT2D eigenvalue weighted by atomic mass is 15.2. The molecule has 0 aliphatic carbocycles. The molecule has 288 valence electrons. The fourth-order valence-electron chi connectivity index (χ4n) is 9.73. The first-order valence-electron chi connectivity index (χ1n) is 21.0. The molecule has 1 aliphatic rings. The fraction of sp³-hybridized carbons (Fsp3) is 0. The number of rotatable bonds is 5. The van der Waals surface area contributed by atoms with Crippen molar-refractivity contribution < 1.29 is 0 Å². The number of aromatic nitrogens is 4. The van der Waals surface area contributed by atoms with E-state index in [1.165, 1.54) is 43.4 Å². The summed E-state index contributed by atoms with van der Waals surface area (Å²) in [5.74, 6) is 1.83. The van der Waals surface area contributed by atoms with E-state index in [1.807, 2.05) is 18.2 Å². The lowest BCUT2D eigenvalue weighted by Crippen LogP contribution is -2.16. The van der Waals surface area contributed by atoms with Gasteiger partial charge in [0.1, 0.15) is 0 Å². The summed E-state index contributed by atoms with van der Waals surface area (Å²) in [5.41, 5.74) is 11.8. The standard InChI is InChI=1S/C57H35N5/c1-3-16-38(17-4-1)55-58-56(41-29-31-45-44-25-11-12-27-48(44)61(51(45)35-41)42-22-5-2-6-23-42)60-57(59-55)54-43-24-10-9-15-36(43)30-32-50(54)62-49-28-14-21-37-20-13-26-46(53(37)49)47-33-39-18-7-8-19-40(39)34-52(47)62/h1-35H. The lowest BCUT2D eigenvalue weighted by atomic mass is 9.88. The number of benzene rings is 10. The molecule has 0 saturated carbocycles. The van der Waals surface area contributed by atoms with E-state index in [0.29, 0.717) is 17.5 Å². The van der Waals surface area contributed by atoms with Crippen molar-refractivity contribution in [2.45, 2.75) is 0 Å². The molecular formula is C57H35N5. The second kappa shape index (κ2) is 13.6. The number of anilines is 3. The molecule has 0 N–H and O–H groups in total. The summed E-state index contributed by atoms with van der Waals surface area (Å²) >= 11 is 0. The van der Waals surface area contributed by atoms with Gasteiger partial charge in [-0.2, -0.15) is 0 Å². The molecule has 0 bridgehead atoms. The van der Waals surface area contributed by atoms with Crippen molar-refractivity contribution in [3.05, 3.63) is 212 Å². The third kappa shape index (κ3) is 5.25. The molecule has 62 heavy (non-hydrogen) atoms. The minimum Gasteiger partial charge on any atom is -0.309 e. The van der Waals surface area contributed by atoms with Crippen molar-refractivity contribution in [2.75, 3.05) is 4.90 Å². The Morgan fingerprint density at radius 3 is 1.77 bits per heavy atom. The first-order valence-corrected chi connectivity index (χ1v) is 21.0. The van der Waals surface area contributed by atoms with Crippen molar-refractivity contribution >= 4 is 71.2 Å². The normalized spacial score (nSPS) is 12.2. The van der Waals surface area contributed by atoms with Crippen LogP contribution in [0.1, 0.15) is 0 Å². The van der Waals surface area contributed by atoms with Gasteiger partial charge in [0.2, 0.25) is 0 Å².